The van der Waals surface area contributed by atoms with E-state index in [2.05, 4.69) is 10.0 Å². The van der Waals surface area contributed by atoms with Gasteiger partial charge in [-0.15, -0.1) is 0 Å². The van der Waals surface area contributed by atoms with E-state index in [0.29, 0.717) is 13.1 Å². The molecule has 2 rings (SSSR count). The van der Waals surface area contributed by atoms with Gasteiger partial charge in [-0.05, 0) is 25.1 Å². The van der Waals surface area contributed by atoms with Crippen LogP contribution in [0.3, 0.4) is 0 Å². The van der Waals surface area contributed by atoms with Crippen LogP contribution >= 0.6 is 0 Å². The Morgan fingerprint density at radius 3 is 2.82 bits per heavy atom. The third-order valence-electron chi connectivity index (χ3n) is 3.45. The summed E-state index contributed by atoms with van der Waals surface area (Å²) in [5, 5.41) is 3.19. The normalized spacial score (nSPS) is 16.3. The van der Waals surface area contributed by atoms with Crippen LogP contribution < -0.4 is 10.0 Å². The van der Waals surface area contributed by atoms with Crippen LogP contribution in [-0.4, -0.2) is 51.9 Å². The monoisotopic (exact) mass is 329 g/mol. The standard InChI is InChI=1S/C14H20FN3O3S/c15-12-4-1-2-5-13(12)22(20,21)17-8-6-14(19)18-10-3-7-16-9-11-18/h1-2,4-5,16-17H,3,6-11H2. The number of nitrogens with zero attached hydrogens (tertiary/aromatic N) is 1. The molecule has 2 N–H and O–H groups in total. The van der Waals surface area contributed by atoms with E-state index in [4.69, 9.17) is 0 Å². The number of halogens is 1. The number of hydrogen-bond donors (Lipinski definition) is 2. The molecule has 0 bridgehead atoms. The van der Waals surface area contributed by atoms with Crippen molar-refractivity contribution in [2.45, 2.75) is 17.7 Å². The number of amides is 1. The lowest BCUT2D eigenvalue weighted by molar-refractivity contribution is -0.130. The molecule has 1 heterocycles. The summed E-state index contributed by atoms with van der Waals surface area (Å²) in [6.45, 7) is 2.88. The molecule has 0 saturated carbocycles. The maximum Gasteiger partial charge on any atom is 0.243 e. The van der Waals surface area contributed by atoms with E-state index in [1.165, 1.54) is 18.2 Å². The summed E-state index contributed by atoms with van der Waals surface area (Å²) in [4.78, 5) is 13.3. The quantitative estimate of drug-likeness (QED) is 0.815. The van der Waals surface area contributed by atoms with E-state index in [-0.39, 0.29) is 18.9 Å². The molecule has 8 heteroatoms. The smallest absolute Gasteiger partial charge is 0.243 e. The largest absolute Gasteiger partial charge is 0.341 e. The predicted molar refractivity (Wildman–Crippen MR) is 80.3 cm³/mol. The molecule has 0 spiro atoms. The number of hydrogen-bond acceptors (Lipinski definition) is 4. The van der Waals surface area contributed by atoms with E-state index in [9.17, 15) is 17.6 Å². The lowest BCUT2D eigenvalue weighted by atomic mass is 10.3. The first-order valence-electron chi connectivity index (χ1n) is 7.23. The average Bonchev–Trinajstić information content (AvgIpc) is 2.76. The van der Waals surface area contributed by atoms with Gasteiger partial charge in [-0.1, -0.05) is 12.1 Å². The zero-order valence-corrected chi connectivity index (χ0v) is 13.0. The van der Waals surface area contributed by atoms with Gasteiger partial charge in [0.15, 0.2) is 0 Å². The van der Waals surface area contributed by atoms with E-state index in [1.54, 1.807) is 4.90 Å². The minimum atomic E-state index is -3.93. The Morgan fingerprint density at radius 2 is 2.05 bits per heavy atom. The second-order valence-electron chi connectivity index (χ2n) is 5.06. The van der Waals surface area contributed by atoms with Crippen molar-refractivity contribution in [3.63, 3.8) is 0 Å². The SMILES string of the molecule is O=C(CCNS(=O)(=O)c1ccccc1F)N1CCCNCC1. The Kier molecular flexibility index (Phi) is 5.87. The molecule has 1 fully saturated rings. The van der Waals surface area contributed by atoms with E-state index >= 15 is 0 Å². The van der Waals surface area contributed by atoms with Crippen molar-refractivity contribution in [3.05, 3.63) is 30.1 Å². The van der Waals surface area contributed by atoms with Gasteiger partial charge < -0.3 is 10.2 Å². The molecule has 6 nitrogen and oxygen atoms in total. The van der Waals surface area contributed by atoms with Gasteiger partial charge in [0.05, 0.1) is 0 Å². The molecule has 1 saturated heterocycles. The number of benzene rings is 1. The highest BCUT2D eigenvalue weighted by molar-refractivity contribution is 7.89. The van der Waals surface area contributed by atoms with Crippen molar-refractivity contribution in [2.24, 2.45) is 0 Å². The molecule has 0 atom stereocenters. The van der Waals surface area contributed by atoms with Gasteiger partial charge in [-0.25, -0.2) is 17.5 Å². The van der Waals surface area contributed by atoms with E-state index in [0.717, 1.165) is 25.6 Å². The lowest BCUT2D eigenvalue weighted by Gasteiger charge is -2.20. The summed E-state index contributed by atoms with van der Waals surface area (Å²) in [7, 11) is -3.93. The fraction of sp³-hybridized carbons (Fsp3) is 0.500. The molecule has 1 aliphatic rings. The Bertz CT molecular complexity index is 614. The molecule has 0 aromatic heterocycles. The highest BCUT2D eigenvalue weighted by atomic mass is 32.2. The molecule has 0 unspecified atom stereocenters. The number of sulfonamides is 1. The van der Waals surface area contributed by atoms with Crippen LogP contribution in [0.1, 0.15) is 12.8 Å². The molecular formula is C14H20FN3O3S. The third-order valence-corrected chi connectivity index (χ3v) is 4.94. The molecule has 122 valence electrons. The van der Waals surface area contributed by atoms with E-state index in [1.807, 2.05) is 0 Å². The second-order valence-corrected chi connectivity index (χ2v) is 6.80. The Labute approximate surface area is 129 Å². The van der Waals surface area contributed by atoms with Crippen LogP contribution in [-0.2, 0) is 14.8 Å². The Morgan fingerprint density at radius 1 is 1.27 bits per heavy atom. The van der Waals surface area contributed by atoms with Crippen molar-refractivity contribution in [2.75, 3.05) is 32.7 Å². The molecular weight excluding hydrogens is 309 g/mol. The number of carbonyl (C=O) groups is 1. The van der Waals surface area contributed by atoms with Crippen molar-refractivity contribution < 1.29 is 17.6 Å². The number of carbonyl (C=O) groups excluding carboxylic acids is 1. The summed E-state index contributed by atoms with van der Waals surface area (Å²) in [5.41, 5.74) is 0. The van der Waals surface area contributed by atoms with Crippen molar-refractivity contribution in [1.82, 2.24) is 14.9 Å². The minimum Gasteiger partial charge on any atom is -0.341 e. The van der Waals surface area contributed by atoms with Gasteiger partial charge in [0.25, 0.3) is 0 Å². The van der Waals surface area contributed by atoms with Gasteiger partial charge in [-0.3, -0.25) is 4.79 Å². The van der Waals surface area contributed by atoms with Crippen LogP contribution in [0.25, 0.3) is 0 Å². The van der Waals surface area contributed by atoms with Crippen molar-refractivity contribution in [3.8, 4) is 0 Å². The highest BCUT2D eigenvalue weighted by Crippen LogP contribution is 2.13. The lowest BCUT2D eigenvalue weighted by Crippen LogP contribution is -2.36. The van der Waals surface area contributed by atoms with Gasteiger partial charge in [-0.2, -0.15) is 0 Å². The first-order chi connectivity index (χ1) is 10.5. The maximum atomic E-state index is 13.5. The molecule has 1 aliphatic heterocycles. The van der Waals surface area contributed by atoms with Crippen molar-refractivity contribution in [1.29, 1.82) is 0 Å². The Hall–Kier alpha value is -1.51. The first kappa shape index (κ1) is 16.9. The Balaban J connectivity index is 1.87. The van der Waals surface area contributed by atoms with Crippen LogP contribution in [0, 0.1) is 5.82 Å². The molecule has 1 aromatic rings. The van der Waals surface area contributed by atoms with Gasteiger partial charge in [0, 0.05) is 32.6 Å². The molecule has 0 aliphatic carbocycles. The van der Waals surface area contributed by atoms with Crippen LogP contribution in [0.4, 0.5) is 4.39 Å². The summed E-state index contributed by atoms with van der Waals surface area (Å²) >= 11 is 0. The van der Waals surface area contributed by atoms with Gasteiger partial charge in [0.1, 0.15) is 10.7 Å². The first-order valence-corrected chi connectivity index (χ1v) is 8.72. The van der Waals surface area contributed by atoms with E-state index < -0.39 is 20.7 Å². The fourth-order valence-corrected chi connectivity index (χ4v) is 3.39. The third kappa shape index (κ3) is 4.49. The van der Waals surface area contributed by atoms with Crippen LogP contribution in [0.2, 0.25) is 0 Å². The molecule has 1 aromatic carbocycles. The second kappa shape index (κ2) is 7.66. The highest BCUT2D eigenvalue weighted by Gasteiger charge is 2.20. The van der Waals surface area contributed by atoms with Crippen LogP contribution in [0.5, 0.6) is 0 Å². The zero-order chi connectivity index (χ0) is 16.0. The summed E-state index contributed by atoms with van der Waals surface area (Å²) in [5.74, 6) is -0.903. The zero-order valence-electron chi connectivity index (χ0n) is 12.2. The summed E-state index contributed by atoms with van der Waals surface area (Å²) < 4.78 is 39.7. The van der Waals surface area contributed by atoms with Crippen LogP contribution in [0.15, 0.2) is 29.2 Å². The minimum absolute atomic E-state index is 0.0422. The molecule has 1 amide bonds. The molecule has 22 heavy (non-hydrogen) atoms. The summed E-state index contributed by atoms with van der Waals surface area (Å²) in [6, 6.07) is 5.15. The maximum absolute atomic E-state index is 13.5. The topological polar surface area (TPSA) is 78.5 Å². The van der Waals surface area contributed by atoms with Gasteiger partial charge >= 0.3 is 0 Å². The van der Waals surface area contributed by atoms with Gasteiger partial charge in [0.2, 0.25) is 15.9 Å². The number of rotatable bonds is 5. The predicted octanol–water partition coefficient (Wildman–Crippen LogP) is 0.316. The average molecular weight is 329 g/mol. The summed E-state index contributed by atoms with van der Waals surface area (Å²) in [6.07, 6.45) is 0.945. The fourth-order valence-electron chi connectivity index (χ4n) is 2.29. The number of nitrogens with one attached hydrogen (secondary N) is 2. The molecule has 0 radical (unpaired) electrons. The van der Waals surface area contributed by atoms with Crippen molar-refractivity contribution >= 4 is 15.9 Å².